The fraction of sp³-hybridized carbons (Fsp3) is 0.500. The zero-order valence-electron chi connectivity index (χ0n) is 1.91. The Kier molecular flexibility index (Phi) is 21.8. The van der Waals surface area contributed by atoms with Gasteiger partial charge in [-0.3, -0.25) is 4.79 Å². The van der Waals surface area contributed by atoms with Crippen LogP contribution in [0.2, 0.25) is 0 Å². The van der Waals surface area contributed by atoms with E-state index in [0.717, 1.165) is 0 Å². The van der Waals surface area contributed by atoms with Gasteiger partial charge in [-0.05, 0) is 0 Å². The van der Waals surface area contributed by atoms with Crippen molar-refractivity contribution in [1.82, 2.24) is 0 Å². The minimum absolute atomic E-state index is 0. The highest BCUT2D eigenvalue weighted by Crippen LogP contribution is 1.13. The Bertz CT molecular complexity index is 13.5. The fourth-order valence-electron chi connectivity index (χ4n) is 0. The summed E-state index contributed by atoms with van der Waals surface area (Å²) in [6, 6.07) is 0. The van der Waals surface area contributed by atoms with Crippen LogP contribution in [0.25, 0.3) is 0 Å². The van der Waals surface area contributed by atoms with Gasteiger partial charge in [0.2, 0.25) is 0 Å². The van der Waals surface area contributed by atoms with Crippen LogP contribution in [-0.2, 0) is 4.79 Å². The van der Waals surface area contributed by atoms with Crippen LogP contribution >= 0.6 is 0 Å². The molecule has 4 heavy (non-hydrogen) atoms. The summed E-state index contributed by atoms with van der Waals surface area (Å²) in [6.07, 6.45) is 1.50. The summed E-state index contributed by atoms with van der Waals surface area (Å²) in [5, 5.41) is 0. The van der Waals surface area contributed by atoms with E-state index in [4.69, 9.17) is 4.79 Å². The van der Waals surface area contributed by atoms with Crippen LogP contribution < -0.4 is 0 Å². The molecule has 0 aliphatic heterocycles. The highest BCUT2D eigenvalue weighted by atomic mass is 24.3. The summed E-state index contributed by atoms with van der Waals surface area (Å²) >= 11 is 0. The lowest BCUT2D eigenvalue weighted by Gasteiger charge is -1.19. The normalized spacial score (nSPS) is 3.25. The topological polar surface area (TPSA) is 17.1 Å². The Morgan fingerprint density at radius 3 is 1.75 bits per heavy atom. The van der Waals surface area contributed by atoms with E-state index in [1.165, 1.54) is 13.2 Å². The summed E-state index contributed by atoms with van der Waals surface area (Å²) in [5.74, 6) is 0. The summed E-state index contributed by atoms with van der Waals surface area (Å²) in [6.45, 7) is 1.32. The van der Waals surface area contributed by atoms with Crippen LogP contribution in [-0.4, -0.2) is 29.3 Å². The zero-order chi connectivity index (χ0) is 2.71. The highest BCUT2D eigenvalue weighted by molar-refractivity contribution is 5.75. The molecule has 0 fully saturated rings. The Morgan fingerprint density at radius 1 is 1.75 bits per heavy atom. The van der Waals surface area contributed by atoms with Crippen molar-refractivity contribution in [3.05, 3.63) is 0 Å². The predicted octanol–water partition coefficient (Wildman–Crippen LogP) is -0.800. The van der Waals surface area contributed by atoms with Gasteiger partial charge in [0.25, 0.3) is 0 Å². The van der Waals surface area contributed by atoms with Crippen molar-refractivity contribution in [2.75, 3.05) is 0 Å². The molecule has 0 bridgehead atoms. The van der Waals surface area contributed by atoms with Crippen molar-refractivity contribution in [1.29, 1.82) is 0 Å². The van der Waals surface area contributed by atoms with Gasteiger partial charge in [0.1, 0.15) is 0 Å². The van der Waals surface area contributed by atoms with E-state index < -0.39 is 0 Å². The summed E-state index contributed by atoms with van der Waals surface area (Å²) in [7, 11) is 0. The minimum atomic E-state index is 0. The van der Waals surface area contributed by atoms with Gasteiger partial charge in [0.15, 0.2) is 6.29 Å². The molecule has 0 rings (SSSR count). The third-order valence-corrected chi connectivity index (χ3v) is 0. The molecule has 0 aromatic carbocycles. The van der Waals surface area contributed by atoms with Crippen molar-refractivity contribution in [3.63, 3.8) is 0 Å². The molecule has 1 radical (unpaired) electrons. The summed E-state index contributed by atoms with van der Waals surface area (Å²) < 4.78 is 0. The Labute approximate surface area is 41.5 Å². The first-order valence-corrected chi connectivity index (χ1v) is 0.704. The van der Waals surface area contributed by atoms with Crippen molar-refractivity contribution in [2.45, 2.75) is 6.92 Å². The van der Waals surface area contributed by atoms with Crippen LogP contribution in [0, 0.1) is 0 Å². The van der Waals surface area contributed by atoms with Crippen LogP contribution in [0.3, 0.4) is 0 Å². The van der Waals surface area contributed by atoms with E-state index in [-0.39, 0.29) is 23.1 Å². The molecule has 0 amide bonds. The van der Waals surface area contributed by atoms with Gasteiger partial charge in [-0.15, -0.1) is 0 Å². The van der Waals surface area contributed by atoms with Gasteiger partial charge in [-0.1, -0.05) is 0 Å². The highest BCUT2D eigenvalue weighted by Gasteiger charge is 1.29. The van der Waals surface area contributed by atoms with E-state index in [1.54, 1.807) is 0 Å². The molecular weight excluding hydrogens is 64.3 g/mol. The number of hydrogen-bond acceptors (Lipinski definition) is 1. The van der Waals surface area contributed by atoms with Gasteiger partial charge in [-0.2, -0.15) is 0 Å². The van der Waals surface area contributed by atoms with Gasteiger partial charge in [0, 0.05) is 6.92 Å². The van der Waals surface area contributed by atoms with Crippen LogP contribution in [0.1, 0.15) is 6.92 Å². The SMILES string of the molecule is C[C]=O.[MgH2]. The van der Waals surface area contributed by atoms with Crippen molar-refractivity contribution >= 4 is 29.3 Å². The molecular formula is C2H5MgO. The van der Waals surface area contributed by atoms with Crippen LogP contribution in [0.5, 0.6) is 0 Å². The van der Waals surface area contributed by atoms with E-state index in [1.807, 2.05) is 0 Å². The van der Waals surface area contributed by atoms with Gasteiger partial charge in [-0.25, -0.2) is 0 Å². The quantitative estimate of drug-likeness (QED) is 0.340. The van der Waals surface area contributed by atoms with E-state index >= 15 is 0 Å². The average molecular weight is 69.4 g/mol. The second-order valence-corrected chi connectivity index (χ2v) is 0.204. The first-order valence-electron chi connectivity index (χ1n) is 0.704. The first kappa shape index (κ1) is 8.83. The molecule has 0 atom stereocenters. The molecule has 0 spiro atoms. The van der Waals surface area contributed by atoms with Crippen LogP contribution in [0.15, 0.2) is 0 Å². The van der Waals surface area contributed by atoms with Crippen molar-refractivity contribution in [3.8, 4) is 0 Å². The van der Waals surface area contributed by atoms with Crippen molar-refractivity contribution in [2.24, 2.45) is 0 Å². The monoisotopic (exact) mass is 69.0 g/mol. The lowest BCUT2D eigenvalue weighted by atomic mass is 11.0. The number of carbonyl (C=O) groups excluding carboxylic acids is 1. The van der Waals surface area contributed by atoms with Gasteiger partial charge >= 0.3 is 23.1 Å². The smallest absolute Gasteiger partial charge is 0.291 e. The van der Waals surface area contributed by atoms with E-state index in [0.29, 0.717) is 0 Å². The summed E-state index contributed by atoms with van der Waals surface area (Å²) in [4.78, 5) is 8.68. The zero-order valence-corrected chi connectivity index (χ0v) is 1.91. The molecule has 21 valence electrons. The number of rotatable bonds is 0. The maximum absolute atomic E-state index is 8.68. The first-order chi connectivity index (χ1) is 1.41. The third kappa shape index (κ3) is 26.4. The molecule has 0 aliphatic rings. The van der Waals surface area contributed by atoms with E-state index in [2.05, 4.69) is 0 Å². The largest absolute Gasteiger partial charge is 0.316 e. The second kappa shape index (κ2) is 9.89. The molecule has 0 saturated heterocycles. The Balaban J connectivity index is 0. The molecule has 0 aromatic rings. The van der Waals surface area contributed by atoms with Crippen molar-refractivity contribution < 1.29 is 4.79 Å². The third-order valence-electron chi connectivity index (χ3n) is 0. The van der Waals surface area contributed by atoms with Gasteiger partial charge < -0.3 is 0 Å². The lowest BCUT2D eigenvalue weighted by Crippen LogP contribution is -1.35. The second-order valence-electron chi connectivity index (χ2n) is 0.204. The molecule has 1 nitrogen and oxygen atoms in total. The molecule has 0 unspecified atom stereocenters. The Morgan fingerprint density at radius 2 is 1.75 bits per heavy atom. The van der Waals surface area contributed by atoms with E-state index in [9.17, 15) is 0 Å². The number of hydrogen-bond donors (Lipinski definition) is 0. The summed E-state index contributed by atoms with van der Waals surface area (Å²) in [5.41, 5.74) is 0. The maximum atomic E-state index is 8.68. The molecule has 0 N–H and O–H groups in total. The molecule has 0 aromatic heterocycles. The van der Waals surface area contributed by atoms with Crippen LogP contribution in [0.4, 0.5) is 0 Å². The Hall–Kier alpha value is 0.436. The molecule has 2 heteroatoms. The molecule has 0 saturated carbocycles. The standard InChI is InChI=1S/C2H3O.Mg.2H/c1-2-3;;;/h1H3;;;. The van der Waals surface area contributed by atoms with Gasteiger partial charge in [0.05, 0.1) is 0 Å². The lowest BCUT2D eigenvalue weighted by molar-refractivity contribution is 0.560. The fourth-order valence-corrected chi connectivity index (χ4v) is 0. The molecule has 0 heterocycles. The molecule has 0 aliphatic carbocycles. The average Bonchev–Trinajstić information content (AvgIpc) is 0.918. The maximum Gasteiger partial charge on any atom is 0.316 e. The predicted molar refractivity (Wildman–Crippen MR) is 19.9 cm³/mol. The minimum Gasteiger partial charge on any atom is -0.291 e.